The molecule has 2 N–H and O–H groups in total. The summed E-state index contributed by atoms with van der Waals surface area (Å²) in [6.07, 6.45) is 1.44. The molecule has 3 nitrogen and oxygen atoms in total. The highest BCUT2D eigenvalue weighted by atomic mass is 32.2. The highest BCUT2D eigenvalue weighted by molar-refractivity contribution is 7.99. The number of aromatic nitrogens is 1. The van der Waals surface area contributed by atoms with Gasteiger partial charge in [-0.2, -0.15) is 0 Å². The Morgan fingerprint density at radius 2 is 2.27 bits per heavy atom. The molecule has 0 aliphatic heterocycles. The molecule has 84 valence electrons. The molecule has 0 aromatic carbocycles. The summed E-state index contributed by atoms with van der Waals surface area (Å²) in [7, 11) is 0. The smallest absolute Gasteiger partial charge is 0.0960 e. The van der Waals surface area contributed by atoms with Crippen molar-refractivity contribution >= 4 is 11.8 Å². The molecule has 0 saturated heterocycles. The van der Waals surface area contributed by atoms with Crippen LogP contribution >= 0.6 is 11.8 Å². The summed E-state index contributed by atoms with van der Waals surface area (Å²) in [6.45, 7) is 4.77. The summed E-state index contributed by atoms with van der Waals surface area (Å²) in [4.78, 5) is 4.18. The normalized spacial score (nSPS) is 13.1. The van der Waals surface area contributed by atoms with Crippen molar-refractivity contribution < 1.29 is 5.11 Å². The summed E-state index contributed by atoms with van der Waals surface area (Å²) in [5.41, 5.74) is 0. The molecule has 4 heteroatoms. The molecule has 15 heavy (non-hydrogen) atoms. The van der Waals surface area contributed by atoms with Crippen molar-refractivity contribution in [2.75, 3.05) is 12.3 Å². The van der Waals surface area contributed by atoms with Crippen molar-refractivity contribution in [3.8, 4) is 0 Å². The van der Waals surface area contributed by atoms with E-state index >= 15 is 0 Å². The Morgan fingerprint density at radius 3 is 2.87 bits per heavy atom. The van der Waals surface area contributed by atoms with Gasteiger partial charge in [-0.1, -0.05) is 19.9 Å². The molecule has 0 radical (unpaired) electrons. The van der Waals surface area contributed by atoms with Gasteiger partial charge in [-0.15, -0.1) is 11.8 Å². The van der Waals surface area contributed by atoms with E-state index in [-0.39, 0.29) is 6.10 Å². The van der Waals surface area contributed by atoms with Crippen LogP contribution in [-0.4, -0.2) is 34.5 Å². The monoisotopic (exact) mass is 226 g/mol. The molecule has 0 fully saturated rings. The van der Waals surface area contributed by atoms with E-state index in [0.717, 1.165) is 5.03 Å². The minimum Gasteiger partial charge on any atom is -0.391 e. The van der Waals surface area contributed by atoms with Crippen molar-refractivity contribution in [3.05, 3.63) is 24.4 Å². The third-order valence-electron chi connectivity index (χ3n) is 1.82. The molecule has 0 bridgehead atoms. The van der Waals surface area contributed by atoms with E-state index in [1.807, 2.05) is 18.2 Å². The van der Waals surface area contributed by atoms with E-state index in [2.05, 4.69) is 24.1 Å². The summed E-state index contributed by atoms with van der Waals surface area (Å²) in [5, 5.41) is 13.8. The molecule has 1 unspecified atom stereocenters. The van der Waals surface area contributed by atoms with Crippen LogP contribution < -0.4 is 5.32 Å². The zero-order chi connectivity index (χ0) is 11.1. The first-order chi connectivity index (χ1) is 7.18. The number of thioether (sulfide) groups is 1. The second-order valence-corrected chi connectivity index (χ2v) is 4.74. The van der Waals surface area contributed by atoms with Crippen LogP contribution in [0.15, 0.2) is 29.4 Å². The average Bonchev–Trinajstić information content (AvgIpc) is 2.25. The molecule has 0 saturated carbocycles. The van der Waals surface area contributed by atoms with E-state index < -0.39 is 0 Å². The Kier molecular flexibility index (Phi) is 5.68. The van der Waals surface area contributed by atoms with Gasteiger partial charge in [-0.3, -0.25) is 0 Å². The number of hydrogen-bond acceptors (Lipinski definition) is 4. The highest BCUT2D eigenvalue weighted by Crippen LogP contribution is 2.14. The molecule has 1 aromatic rings. The quantitative estimate of drug-likeness (QED) is 0.722. The van der Waals surface area contributed by atoms with Crippen molar-refractivity contribution in [3.63, 3.8) is 0 Å². The van der Waals surface area contributed by atoms with E-state index in [1.165, 1.54) is 0 Å². The molecule has 1 aromatic heterocycles. The zero-order valence-corrected chi connectivity index (χ0v) is 10.00. The Hall–Kier alpha value is -0.580. The first-order valence-corrected chi connectivity index (χ1v) is 6.12. The van der Waals surface area contributed by atoms with Crippen LogP contribution in [0.1, 0.15) is 13.8 Å². The average molecular weight is 226 g/mol. The van der Waals surface area contributed by atoms with Crippen molar-refractivity contribution in [2.45, 2.75) is 31.0 Å². The molecule has 0 amide bonds. The molecule has 1 heterocycles. The van der Waals surface area contributed by atoms with Crippen LogP contribution in [0.25, 0.3) is 0 Å². The Morgan fingerprint density at radius 1 is 1.47 bits per heavy atom. The maximum Gasteiger partial charge on any atom is 0.0960 e. The summed E-state index contributed by atoms with van der Waals surface area (Å²) in [5.74, 6) is 0.677. The van der Waals surface area contributed by atoms with Crippen molar-refractivity contribution in [1.29, 1.82) is 0 Å². The maximum absolute atomic E-state index is 9.65. The van der Waals surface area contributed by atoms with E-state index in [1.54, 1.807) is 18.0 Å². The number of aliphatic hydroxyl groups excluding tert-OH is 1. The summed E-state index contributed by atoms with van der Waals surface area (Å²) >= 11 is 1.58. The number of rotatable bonds is 6. The first-order valence-electron chi connectivity index (χ1n) is 5.13. The van der Waals surface area contributed by atoms with Gasteiger partial charge in [0.15, 0.2) is 0 Å². The number of hydrogen-bond donors (Lipinski definition) is 2. The molecule has 1 rings (SSSR count). The van der Waals surface area contributed by atoms with Gasteiger partial charge in [-0.25, -0.2) is 4.98 Å². The molecule has 0 spiro atoms. The Bertz CT molecular complexity index is 267. The molecule has 1 atom stereocenters. The lowest BCUT2D eigenvalue weighted by atomic mass is 10.3. The Labute approximate surface area is 95.3 Å². The number of aliphatic hydroxyl groups is 1. The fourth-order valence-electron chi connectivity index (χ4n) is 1.04. The lowest BCUT2D eigenvalue weighted by Crippen LogP contribution is -2.33. The second kappa shape index (κ2) is 6.82. The second-order valence-electron chi connectivity index (χ2n) is 3.70. The summed E-state index contributed by atoms with van der Waals surface area (Å²) in [6, 6.07) is 6.21. The topological polar surface area (TPSA) is 45.1 Å². The fraction of sp³-hybridized carbons (Fsp3) is 0.545. The molecule has 0 aliphatic rings. The van der Waals surface area contributed by atoms with E-state index in [0.29, 0.717) is 18.3 Å². The van der Waals surface area contributed by atoms with Crippen LogP contribution in [0.4, 0.5) is 0 Å². The first kappa shape index (κ1) is 12.5. The lowest BCUT2D eigenvalue weighted by molar-refractivity contribution is 0.192. The van der Waals surface area contributed by atoms with E-state index in [9.17, 15) is 5.11 Å². The Balaban J connectivity index is 2.19. The predicted octanol–water partition coefficient (Wildman–Crippen LogP) is 1.53. The number of nitrogens with zero attached hydrogens (tertiary/aromatic N) is 1. The predicted molar refractivity (Wildman–Crippen MR) is 64.1 cm³/mol. The largest absolute Gasteiger partial charge is 0.391 e. The van der Waals surface area contributed by atoms with Crippen LogP contribution in [0.5, 0.6) is 0 Å². The SMILES string of the molecule is CC(C)NCC(O)CSc1ccccn1. The van der Waals surface area contributed by atoms with Crippen LogP contribution in [0, 0.1) is 0 Å². The van der Waals surface area contributed by atoms with Gasteiger partial charge < -0.3 is 10.4 Å². The minimum absolute atomic E-state index is 0.320. The molecular formula is C11H18N2OS. The third kappa shape index (κ3) is 5.77. The minimum atomic E-state index is -0.320. The van der Waals surface area contributed by atoms with Crippen LogP contribution in [0.3, 0.4) is 0 Å². The van der Waals surface area contributed by atoms with Crippen LogP contribution in [0.2, 0.25) is 0 Å². The van der Waals surface area contributed by atoms with E-state index in [4.69, 9.17) is 0 Å². The van der Waals surface area contributed by atoms with Gasteiger partial charge >= 0.3 is 0 Å². The summed E-state index contributed by atoms with van der Waals surface area (Å²) < 4.78 is 0. The van der Waals surface area contributed by atoms with Crippen molar-refractivity contribution in [1.82, 2.24) is 10.3 Å². The molecular weight excluding hydrogens is 208 g/mol. The fourth-order valence-corrected chi connectivity index (χ4v) is 1.84. The van der Waals surface area contributed by atoms with Gasteiger partial charge in [0.05, 0.1) is 11.1 Å². The standard InChI is InChI=1S/C11H18N2OS/c1-9(2)13-7-10(14)8-15-11-5-3-4-6-12-11/h3-6,9-10,13-14H,7-8H2,1-2H3. The number of nitrogens with one attached hydrogen (secondary N) is 1. The molecule has 0 aliphatic carbocycles. The van der Waals surface area contributed by atoms with Gasteiger partial charge in [0.2, 0.25) is 0 Å². The van der Waals surface area contributed by atoms with Gasteiger partial charge in [0, 0.05) is 24.5 Å². The highest BCUT2D eigenvalue weighted by Gasteiger charge is 2.05. The van der Waals surface area contributed by atoms with Crippen LogP contribution in [-0.2, 0) is 0 Å². The van der Waals surface area contributed by atoms with Gasteiger partial charge in [0.1, 0.15) is 0 Å². The zero-order valence-electron chi connectivity index (χ0n) is 9.18. The number of pyridine rings is 1. The maximum atomic E-state index is 9.65. The van der Waals surface area contributed by atoms with Gasteiger partial charge in [0.25, 0.3) is 0 Å². The lowest BCUT2D eigenvalue weighted by Gasteiger charge is -2.13. The van der Waals surface area contributed by atoms with Gasteiger partial charge in [-0.05, 0) is 12.1 Å². The van der Waals surface area contributed by atoms with Crippen molar-refractivity contribution in [2.24, 2.45) is 0 Å². The third-order valence-corrected chi connectivity index (χ3v) is 2.91.